The summed E-state index contributed by atoms with van der Waals surface area (Å²) in [6.45, 7) is 2.10. The summed E-state index contributed by atoms with van der Waals surface area (Å²) in [4.78, 5) is 0. The van der Waals surface area contributed by atoms with Gasteiger partial charge in [-0.25, -0.2) is 0 Å². The summed E-state index contributed by atoms with van der Waals surface area (Å²) in [5, 5.41) is 0. The highest BCUT2D eigenvalue weighted by atomic mass is 32.2. The molecule has 0 aliphatic carbocycles. The van der Waals surface area contributed by atoms with Gasteiger partial charge >= 0.3 is 0 Å². The monoisotopic (exact) mass is 354 g/mol. The molecule has 3 saturated heterocycles. The maximum Gasteiger partial charge on any atom is 0.0892 e. The molecule has 6 heteroatoms. The Hall–Kier alpha value is 1.63. The standard InChI is InChI=1S/C13H23OPS4/c1-15(14)10-12(16-6-7-17-12)4-2-3-5-13(11-15)18-8-9-19-13/h2-11H2,1H3. The van der Waals surface area contributed by atoms with Gasteiger partial charge in [-0.1, -0.05) is 12.8 Å². The highest BCUT2D eigenvalue weighted by molar-refractivity contribution is 8.22. The molecule has 110 valence electrons. The Morgan fingerprint density at radius 1 is 0.789 bits per heavy atom. The van der Waals surface area contributed by atoms with E-state index in [4.69, 9.17) is 0 Å². The molecule has 0 amide bonds. The smallest absolute Gasteiger partial charge is 0.0892 e. The van der Waals surface area contributed by atoms with Gasteiger partial charge < -0.3 is 4.57 Å². The fourth-order valence-corrected chi connectivity index (χ4v) is 16.3. The van der Waals surface area contributed by atoms with Crippen molar-refractivity contribution in [2.24, 2.45) is 0 Å². The Bertz CT molecular complexity index is 343. The molecular weight excluding hydrogens is 331 g/mol. The predicted molar refractivity (Wildman–Crippen MR) is 97.0 cm³/mol. The SMILES string of the molecule is CP1(=O)CC2(CCCCC3(C1)SCCS3)SCCS2. The number of hydrogen-bond acceptors (Lipinski definition) is 5. The third kappa shape index (κ3) is 3.70. The first kappa shape index (κ1) is 15.5. The van der Waals surface area contributed by atoms with E-state index in [1.165, 1.54) is 48.7 Å². The van der Waals surface area contributed by atoms with Crippen molar-refractivity contribution in [2.75, 3.05) is 42.0 Å². The third-order valence-corrected chi connectivity index (χ3v) is 14.5. The summed E-state index contributed by atoms with van der Waals surface area (Å²) in [6.07, 6.45) is 7.21. The van der Waals surface area contributed by atoms with E-state index in [9.17, 15) is 4.57 Å². The topological polar surface area (TPSA) is 17.1 Å². The van der Waals surface area contributed by atoms with Gasteiger partial charge in [-0.2, -0.15) is 0 Å². The molecule has 3 heterocycles. The van der Waals surface area contributed by atoms with Gasteiger partial charge in [0.15, 0.2) is 0 Å². The van der Waals surface area contributed by atoms with Crippen molar-refractivity contribution >= 4 is 54.2 Å². The Balaban J connectivity index is 1.80. The van der Waals surface area contributed by atoms with Crippen LogP contribution in [0.2, 0.25) is 0 Å². The van der Waals surface area contributed by atoms with Crippen LogP contribution in [-0.2, 0) is 4.57 Å². The van der Waals surface area contributed by atoms with Crippen LogP contribution in [0.4, 0.5) is 0 Å². The summed E-state index contributed by atoms with van der Waals surface area (Å²) in [6, 6.07) is 0. The van der Waals surface area contributed by atoms with E-state index in [0.717, 1.165) is 12.3 Å². The fourth-order valence-electron chi connectivity index (χ4n) is 3.49. The summed E-state index contributed by atoms with van der Waals surface area (Å²) >= 11 is 8.43. The zero-order valence-corrected chi connectivity index (χ0v) is 15.7. The maximum absolute atomic E-state index is 13.2. The van der Waals surface area contributed by atoms with Crippen LogP contribution >= 0.6 is 54.2 Å². The lowest BCUT2D eigenvalue weighted by Crippen LogP contribution is -2.26. The first-order valence-electron chi connectivity index (χ1n) is 7.15. The summed E-state index contributed by atoms with van der Waals surface area (Å²) in [5.74, 6) is 5.05. The van der Waals surface area contributed by atoms with Crippen molar-refractivity contribution in [3.8, 4) is 0 Å². The second-order valence-electron chi connectivity index (χ2n) is 6.04. The van der Waals surface area contributed by atoms with Crippen LogP contribution in [0.1, 0.15) is 25.7 Å². The molecule has 0 atom stereocenters. The predicted octanol–water partition coefficient (Wildman–Crippen LogP) is 4.91. The highest BCUT2D eigenvalue weighted by Crippen LogP contribution is 2.63. The van der Waals surface area contributed by atoms with Crippen LogP contribution in [0.15, 0.2) is 0 Å². The average molecular weight is 355 g/mol. The molecule has 3 rings (SSSR count). The molecule has 0 aromatic carbocycles. The Labute approximate surface area is 134 Å². The van der Waals surface area contributed by atoms with E-state index in [1.807, 2.05) is 0 Å². The summed E-state index contributed by atoms with van der Waals surface area (Å²) < 4.78 is 13.8. The van der Waals surface area contributed by atoms with Crippen LogP contribution < -0.4 is 0 Å². The van der Waals surface area contributed by atoms with Crippen molar-refractivity contribution in [1.29, 1.82) is 0 Å². The van der Waals surface area contributed by atoms with Gasteiger partial charge in [0, 0.05) is 35.3 Å². The fraction of sp³-hybridized carbons (Fsp3) is 1.00. The molecule has 0 bridgehead atoms. The highest BCUT2D eigenvalue weighted by Gasteiger charge is 2.46. The van der Waals surface area contributed by atoms with Gasteiger partial charge in [-0.15, -0.1) is 47.0 Å². The van der Waals surface area contributed by atoms with Gasteiger partial charge in [0.05, 0.1) is 15.3 Å². The molecule has 0 saturated carbocycles. The molecule has 0 radical (unpaired) electrons. The normalized spacial score (nSPS) is 33.1. The molecule has 19 heavy (non-hydrogen) atoms. The first-order valence-corrected chi connectivity index (χ1v) is 13.6. The van der Waals surface area contributed by atoms with E-state index in [-0.39, 0.29) is 0 Å². The van der Waals surface area contributed by atoms with E-state index in [1.54, 1.807) is 0 Å². The van der Waals surface area contributed by atoms with Gasteiger partial charge in [0.1, 0.15) is 0 Å². The van der Waals surface area contributed by atoms with Crippen molar-refractivity contribution in [3.05, 3.63) is 0 Å². The lowest BCUT2D eigenvalue weighted by molar-refractivity contribution is 0.574. The molecule has 0 aromatic rings. The van der Waals surface area contributed by atoms with Crippen molar-refractivity contribution < 1.29 is 4.57 Å². The van der Waals surface area contributed by atoms with Crippen LogP contribution in [-0.4, -0.2) is 50.2 Å². The molecule has 0 N–H and O–H groups in total. The number of hydrogen-bond donors (Lipinski definition) is 0. The Morgan fingerprint density at radius 3 is 1.53 bits per heavy atom. The van der Waals surface area contributed by atoms with Gasteiger partial charge in [-0.05, 0) is 19.5 Å². The van der Waals surface area contributed by atoms with Gasteiger partial charge in [0.25, 0.3) is 0 Å². The minimum atomic E-state index is -2.00. The minimum absolute atomic E-state index is 0.309. The van der Waals surface area contributed by atoms with Crippen LogP contribution in [0.5, 0.6) is 0 Å². The quantitative estimate of drug-likeness (QED) is 0.573. The van der Waals surface area contributed by atoms with E-state index < -0.39 is 7.14 Å². The minimum Gasteiger partial charge on any atom is -0.324 e. The summed E-state index contributed by atoms with van der Waals surface area (Å²) in [7, 11) is -2.00. The molecule has 3 aliphatic rings. The lowest BCUT2D eigenvalue weighted by Gasteiger charge is -2.33. The van der Waals surface area contributed by atoms with Gasteiger partial charge in [0.2, 0.25) is 0 Å². The largest absolute Gasteiger partial charge is 0.324 e. The second kappa shape index (κ2) is 6.02. The van der Waals surface area contributed by atoms with Crippen LogP contribution in [0.25, 0.3) is 0 Å². The van der Waals surface area contributed by atoms with Crippen molar-refractivity contribution in [3.63, 3.8) is 0 Å². The second-order valence-corrected chi connectivity index (χ2v) is 15.7. The molecule has 2 spiro atoms. The lowest BCUT2D eigenvalue weighted by atomic mass is 10.1. The van der Waals surface area contributed by atoms with E-state index in [0.29, 0.717) is 8.16 Å². The average Bonchev–Trinajstić information content (AvgIpc) is 2.94. The van der Waals surface area contributed by atoms with Gasteiger partial charge in [-0.3, -0.25) is 0 Å². The Morgan fingerprint density at radius 2 is 1.16 bits per heavy atom. The van der Waals surface area contributed by atoms with Crippen LogP contribution in [0, 0.1) is 0 Å². The van der Waals surface area contributed by atoms with E-state index in [2.05, 4.69) is 53.7 Å². The van der Waals surface area contributed by atoms with E-state index >= 15 is 0 Å². The molecular formula is C13H23OPS4. The molecule has 3 fully saturated rings. The van der Waals surface area contributed by atoms with Crippen molar-refractivity contribution in [1.82, 2.24) is 0 Å². The zero-order chi connectivity index (χ0) is 13.4. The maximum atomic E-state index is 13.2. The third-order valence-electron chi connectivity index (χ3n) is 4.14. The molecule has 0 unspecified atom stereocenters. The number of rotatable bonds is 0. The first-order chi connectivity index (χ1) is 9.04. The van der Waals surface area contributed by atoms with Crippen molar-refractivity contribution in [2.45, 2.75) is 33.8 Å². The summed E-state index contributed by atoms with van der Waals surface area (Å²) in [5.41, 5.74) is 0. The molecule has 1 nitrogen and oxygen atoms in total. The van der Waals surface area contributed by atoms with Crippen LogP contribution in [0.3, 0.4) is 0 Å². The molecule has 0 aromatic heterocycles. The Kier molecular flexibility index (Phi) is 4.92. The zero-order valence-electron chi connectivity index (χ0n) is 11.6. The molecule has 3 aliphatic heterocycles. The number of thioether (sulfide) groups is 4.